The molecular formula is C17H18N2O4. The third-order valence-electron chi connectivity index (χ3n) is 3.46. The van der Waals surface area contributed by atoms with E-state index in [9.17, 15) is 9.70 Å². The largest absolute Gasteiger partial charge is 0.519 e. The molecule has 2 rings (SSSR count). The third kappa shape index (κ3) is 4.62. The van der Waals surface area contributed by atoms with E-state index in [1.807, 2.05) is 26.2 Å². The summed E-state index contributed by atoms with van der Waals surface area (Å²) in [4.78, 5) is 24.2. The lowest BCUT2D eigenvalue weighted by Crippen LogP contribution is -2.17. The molecule has 0 aliphatic rings. The van der Waals surface area contributed by atoms with Crippen molar-refractivity contribution >= 4 is 11.8 Å². The Hall–Kier alpha value is -2.73. The molecule has 0 amide bonds. The van der Waals surface area contributed by atoms with Gasteiger partial charge in [-0.15, -0.1) is 4.91 Å². The predicted octanol–water partition coefficient (Wildman–Crippen LogP) is 4.28. The first kappa shape index (κ1) is 16.6. The van der Waals surface area contributed by atoms with Gasteiger partial charge in [0.1, 0.15) is 17.2 Å². The Morgan fingerprint density at radius 1 is 1.04 bits per heavy atom. The number of nitroso groups, excluding NO2 is 1. The molecule has 0 saturated heterocycles. The van der Waals surface area contributed by atoms with Gasteiger partial charge in [0.05, 0.1) is 0 Å². The van der Waals surface area contributed by atoms with E-state index in [2.05, 4.69) is 17.0 Å². The molecule has 0 bridgehead atoms. The summed E-state index contributed by atoms with van der Waals surface area (Å²) in [7, 11) is 3.95. The maximum Gasteiger partial charge on any atom is 0.519 e. The predicted molar refractivity (Wildman–Crippen MR) is 87.1 cm³/mol. The van der Waals surface area contributed by atoms with Crippen molar-refractivity contribution in [3.63, 3.8) is 0 Å². The fraction of sp³-hybridized carbons (Fsp3) is 0.235. The van der Waals surface area contributed by atoms with Gasteiger partial charge >= 0.3 is 6.16 Å². The summed E-state index contributed by atoms with van der Waals surface area (Å²) >= 11 is 0. The van der Waals surface area contributed by atoms with Crippen LogP contribution in [0.15, 0.2) is 53.7 Å². The van der Waals surface area contributed by atoms with Crippen molar-refractivity contribution in [1.29, 1.82) is 0 Å². The number of hydrogen-bond donors (Lipinski definition) is 0. The topological polar surface area (TPSA) is 68.2 Å². The second kappa shape index (κ2) is 7.51. The molecule has 0 N–H and O–H groups in total. The van der Waals surface area contributed by atoms with E-state index >= 15 is 0 Å². The lowest BCUT2D eigenvalue weighted by atomic mass is 10.1. The number of ether oxygens (including phenoxy) is 2. The van der Waals surface area contributed by atoms with E-state index in [1.54, 1.807) is 12.1 Å². The van der Waals surface area contributed by atoms with Crippen molar-refractivity contribution in [2.45, 2.75) is 13.0 Å². The van der Waals surface area contributed by atoms with Gasteiger partial charge in [-0.2, -0.15) is 0 Å². The average Bonchev–Trinajstić information content (AvgIpc) is 2.55. The maximum atomic E-state index is 11.8. The van der Waals surface area contributed by atoms with E-state index in [0.29, 0.717) is 5.75 Å². The molecule has 2 aromatic rings. The molecule has 0 aliphatic heterocycles. The first-order valence-electron chi connectivity index (χ1n) is 7.09. The number of nitrogens with zero attached hydrogens (tertiary/aromatic N) is 2. The lowest BCUT2D eigenvalue weighted by molar-refractivity contribution is 0.152. The summed E-state index contributed by atoms with van der Waals surface area (Å²) in [5, 5.41) is 2.77. The second-order valence-electron chi connectivity index (χ2n) is 5.25. The molecule has 6 nitrogen and oxygen atoms in total. The summed E-state index contributed by atoms with van der Waals surface area (Å²) in [6.45, 7) is 2.06. The van der Waals surface area contributed by atoms with Crippen LogP contribution in [-0.4, -0.2) is 25.2 Å². The highest BCUT2D eigenvalue weighted by atomic mass is 16.7. The molecule has 6 heteroatoms. The average molecular weight is 314 g/mol. The standard InChI is InChI=1S/C17H18N2O4/c1-12(19(2)3)13-5-4-6-16(11-13)23-17(20)22-15-9-7-14(18-21)8-10-15/h4-12H,1-3H3. The lowest BCUT2D eigenvalue weighted by Gasteiger charge is -2.20. The molecule has 1 unspecified atom stereocenters. The van der Waals surface area contributed by atoms with Crippen molar-refractivity contribution in [2.24, 2.45) is 5.18 Å². The van der Waals surface area contributed by atoms with Crippen LogP contribution < -0.4 is 9.47 Å². The molecular weight excluding hydrogens is 296 g/mol. The highest BCUT2D eigenvalue weighted by molar-refractivity contribution is 5.67. The fourth-order valence-corrected chi connectivity index (χ4v) is 1.92. The molecule has 2 aromatic carbocycles. The zero-order chi connectivity index (χ0) is 16.8. The molecule has 0 aliphatic carbocycles. The summed E-state index contributed by atoms with van der Waals surface area (Å²) in [6, 6.07) is 13.3. The number of rotatable bonds is 5. The van der Waals surface area contributed by atoms with Gasteiger partial charge in [-0.25, -0.2) is 4.79 Å². The van der Waals surface area contributed by atoms with Gasteiger partial charge in [0, 0.05) is 6.04 Å². The van der Waals surface area contributed by atoms with Gasteiger partial charge in [-0.05, 0) is 68.2 Å². The monoisotopic (exact) mass is 314 g/mol. The molecule has 0 radical (unpaired) electrons. The van der Waals surface area contributed by atoms with Gasteiger partial charge in [0.15, 0.2) is 0 Å². The summed E-state index contributed by atoms with van der Waals surface area (Å²) in [6.07, 6.45) is -0.841. The Morgan fingerprint density at radius 2 is 1.70 bits per heavy atom. The van der Waals surface area contributed by atoms with Crippen molar-refractivity contribution in [1.82, 2.24) is 4.90 Å². The molecule has 23 heavy (non-hydrogen) atoms. The minimum atomic E-state index is -0.841. The molecule has 0 saturated carbocycles. The normalized spacial score (nSPS) is 11.8. The van der Waals surface area contributed by atoms with E-state index in [0.717, 1.165) is 5.56 Å². The van der Waals surface area contributed by atoms with Crippen LogP contribution in [0.1, 0.15) is 18.5 Å². The minimum absolute atomic E-state index is 0.193. The first-order chi connectivity index (χ1) is 11.0. The number of benzene rings is 2. The Bertz CT molecular complexity index is 683. The zero-order valence-corrected chi connectivity index (χ0v) is 13.2. The number of carbonyl (C=O) groups is 1. The van der Waals surface area contributed by atoms with Crippen molar-refractivity contribution in [3.8, 4) is 11.5 Å². The van der Waals surface area contributed by atoms with Gasteiger partial charge in [0.2, 0.25) is 0 Å². The molecule has 1 atom stereocenters. The van der Waals surface area contributed by atoms with Gasteiger partial charge in [-0.3, -0.25) is 0 Å². The third-order valence-corrected chi connectivity index (χ3v) is 3.46. The van der Waals surface area contributed by atoms with Crippen LogP contribution in [-0.2, 0) is 0 Å². The van der Waals surface area contributed by atoms with E-state index in [1.165, 1.54) is 24.3 Å². The van der Waals surface area contributed by atoms with Crippen LogP contribution in [0.3, 0.4) is 0 Å². The molecule has 0 aromatic heterocycles. The van der Waals surface area contributed by atoms with Crippen LogP contribution in [0.5, 0.6) is 11.5 Å². The van der Waals surface area contributed by atoms with Crippen LogP contribution in [0.2, 0.25) is 0 Å². The van der Waals surface area contributed by atoms with Crippen LogP contribution in [0.4, 0.5) is 10.5 Å². The number of hydrogen-bond acceptors (Lipinski definition) is 6. The molecule has 0 heterocycles. The van der Waals surface area contributed by atoms with Crippen molar-refractivity contribution in [2.75, 3.05) is 14.1 Å². The zero-order valence-electron chi connectivity index (χ0n) is 13.2. The maximum absolute atomic E-state index is 11.8. The van der Waals surface area contributed by atoms with Crippen molar-refractivity contribution < 1.29 is 14.3 Å². The fourth-order valence-electron chi connectivity index (χ4n) is 1.92. The molecule has 120 valence electrons. The first-order valence-corrected chi connectivity index (χ1v) is 7.09. The smallest absolute Gasteiger partial charge is 0.395 e. The van der Waals surface area contributed by atoms with Gasteiger partial charge in [0.25, 0.3) is 0 Å². The van der Waals surface area contributed by atoms with E-state index < -0.39 is 6.16 Å². The molecule has 0 fully saturated rings. The Kier molecular flexibility index (Phi) is 5.43. The SMILES string of the molecule is CC(c1cccc(OC(=O)Oc2ccc(N=O)cc2)c1)N(C)C. The quantitative estimate of drug-likeness (QED) is 0.468. The van der Waals surface area contributed by atoms with Gasteiger partial charge < -0.3 is 14.4 Å². The van der Waals surface area contributed by atoms with Crippen molar-refractivity contribution in [3.05, 3.63) is 59.0 Å². The summed E-state index contributed by atoms with van der Waals surface area (Å²) in [5.74, 6) is 0.688. The summed E-state index contributed by atoms with van der Waals surface area (Å²) in [5.41, 5.74) is 1.29. The van der Waals surface area contributed by atoms with E-state index in [-0.39, 0.29) is 17.5 Å². The molecule has 0 spiro atoms. The highest BCUT2D eigenvalue weighted by Crippen LogP contribution is 2.23. The number of carbonyl (C=O) groups excluding carboxylic acids is 1. The second-order valence-corrected chi connectivity index (χ2v) is 5.25. The Morgan fingerprint density at radius 3 is 2.30 bits per heavy atom. The van der Waals surface area contributed by atoms with Crippen LogP contribution in [0.25, 0.3) is 0 Å². The van der Waals surface area contributed by atoms with Gasteiger partial charge in [-0.1, -0.05) is 12.1 Å². The van der Waals surface area contributed by atoms with Crippen LogP contribution in [0, 0.1) is 4.91 Å². The van der Waals surface area contributed by atoms with Crippen LogP contribution >= 0.6 is 0 Å². The minimum Gasteiger partial charge on any atom is -0.395 e. The van der Waals surface area contributed by atoms with E-state index in [4.69, 9.17) is 9.47 Å². The summed E-state index contributed by atoms with van der Waals surface area (Å²) < 4.78 is 10.2. The Balaban J connectivity index is 2.02. The Labute approximate surface area is 134 Å². The highest BCUT2D eigenvalue weighted by Gasteiger charge is 2.12.